The highest BCUT2D eigenvalue weighted by Gasteiger charge is 2.26. The molecule has 3 heterocycles. The minimum absolute atomic E-state index is 0.00895. The molecule has 188 valence electrons. The molecule has 0 unspecified atom stereocenters. The van der Waals surface area contributed by atoms with Crippen LogP contribution in [0.25, 0.3) is 22.2 Å². The Labute approximate surface area is 208 Å². The lowest BCUT2D eigenvalue weighted by molar-refractivity contribution is 0.0859. The third-order valence-electron chi connectivity index (χ3n) is 6.40. The van der Waals surface area contributed by atoms with E-state index >= 15 is 0 Å². The van der Waals surface area contributed by atoms with Gasteiger partial charge in [-0.3, -0.25) is 4.79 Å². The molecule has 1 amide bonds. The first-order valence-electron chi connectivity index (χ1n) is 11.8. The molecule has 5 rings (SSSR count). The summed E-state index contributed by atoms with van der Waals surface area (Å²) in [5.74, 6) is 1.51. The van der Waals surface area contributed by atoms with Crippen LogP contribution in [0.15, 0.2) is 36.4 Å². The summed E-state index contributed by atoms with van der Waals surface area (Å²) < 4.78 is 23.9. The minimum atomic E-state index is -0.304. The van der Waals surface area contributed by atoms with Crippen LogP contribution in [0.4, 0.5) is 5.82 Å². The fourth-order valence-corrected chi connectivity index (χ4v) is 4.61. The SMILES string of the molecule is COc1cc(Cn2c(N)c(C(=O)NC[C@@H]3CCCO3)c3nc4ccccc4nc32)cc(OC)c1OC. The molecule has 1 fully saturated rings. The van der Waals surface area contributed by atoms with Crippen LogP contribution in [0.2, 0.25) is 0 Å². The van der Waals surface area contributed by atoms with Gasteiger partial charge in [-0.15, -0.1) is 0 Å². The van der Waals surface area contributed by atoms with Gasteiger partial charge in [-0.2, -0.15) is 0 Å². The number of fused-ring (bicyclic) bond motifs is 2. The molecule has 0 aliphatic carbocycles. The zero-order valence-electron chi connectivity index (χ0n) is 20.5. The third kappa shape index (κ3) is 4.24. The zero-order chi connectivity index (χ0) is 25.2. The first kappa shape index (κ1) is 23.7. The van der Waals surface area contributed by atoms with Crippen molar-refractivity contribution in [2.24, 2.45) is 0 Å². The van der Waals surface area contributed by atoms with Crippen molar-refractivity contribution in [2.45, 2.75) is 25.5 Å². The Balaban J connectivity index is 1.61. The summed E-state index contributed by atoms with van der Waals surface area (Å²) >= 11 is 0. The summed E-state index contributed by atoms with van der Waals surface area (Å²) in [5.41, 5.74) is 10.1. The lowest BCUT2D eigenvalue weighted by atomic mass is 10.1. The van der Waals surface area contributed by atoms with E-state index in [1.54, 1.807) is 25.9 Å². The molecule has 1 aliphatic rings. The second-order valence-corrected chi connectivity index (χ2v) is 8.61. The molecule has 36 heavy (non-hydrogen) atoms. The molecule has 1 saturated heterocycles. The van der Waals surface area contributed by atoms with E-state index in [1.165, 1.54) is 0 Å². The second kappa shape index (κ2) is 9.90. The fourth-order valence-electron chi connectivity index (χ4n) is 4.61. The van der Waals surface area contributed by atoms with Gasteiger partial charge >= 0.3 is 0 Å². The Morgan fingerprint density at radius 3 is 2.42 bits per heavy atom. The van der Waals surface area contributed by atoms with E-state index in [0.717, 1.165) is 18.4 Å². The third-order valence-corrected chi connectivity index (χ3v) is 6.40. The number of nitrogens with one attached hydrogen (secondary N) is 1. The first-order chi connectivity index (χ1) is 17.5. The van der Waals surface area contributed by atoms with E-state index in [4.69, 9.17) is 34.6 Å². The van der Waals surface area contributed by atoms with Crippen LogP contribution < -0.4 is 25.3 Å². The Morgan fingerprint density at radius 2 is 1.81 bits per heavy atom. The largest absolute Gasteiger partial charge is 0.493 e. The molecule has 10 heteroatoms. The highest BCUT2D eigenvalue weighted by molar-refractivity contribution is 6.10. The molecular formula is C26H29N5O5. The molecule has 0 radical (unpaired) electrons. The maximum absolute atomic E-state index is 13.3. The number of nitrogen functional groups attached to an aromatic ring is 1. The molecule has 0 bridgehead atoms. The number of nitrogens with two attached hydrogens (primary N) is 1. The van der Waals surface area contributed by atoms with Crippen LogP contribution in [0.1, 0.15) is 28.8 Å². The number of rotatable bonds is 8. The van der Waals surface area contributed by atoms with Crippen molar-refractivity contribution in [1.82, 2.24) is 19.9 Å². The van der Waals surface area contributed by atoms with Crippen molar-refractivity contribution in [1.29, 1.82) is 0 Å². The van der Waals surface area contributed by atoms with Crippen molar-refractivity contribution in [3.8, 4) is 17.2 Å². The van der Waals surface area contributed by atoms with E-state index in [2.05, 4.69) is 5.32 Å². The van der Waals surface area contributed by atoms with Gasteiger partial charge in [0.15, 0.2) is 17.1 Å². The number of para-hydroxylation sites is 2. The van der Waals surface area contributed by atoms with Crippen LogP contribution in [0.5, 0.6) is 17.2 Å². The molecule has 0 saturated carbocycles. The monoisotopic (exact) mass is 491 g/mol. The van der Waals surface area contributed by atoms with E-state index in [0.29, 0.717) is 64.7 Å². The van der Waals surface area contributed by atoms with Crippen molar-refractivity contribution in [3.05, 3.63) is 47.5 Å². The second-order valence-electron chi connectivity index (χ2n) is 8.61. The zero-order valence-corrected chi connectivity index (χ0v) is 20.5. The molecule has 4 aromatic rings. The molecule has 0 spiro atoms. The quantitative estimate of drug-likeness (QED) is 0.385. The molecule has 2 aromatic heterocycles. The Hall–Kier alpha value is -4.05. The van der Waals surface area contributed by atoms with Gasteiger partial charge in [0.1, 0.15) is 16.9 Å². The molecule has 10 nitrogen and oxygen atoms in total. The molecule has 3 N–H and O–H groups in total. The summed E-state index contributed by atoms with van der Waals surface area (Å²) in [6.07, 6.45) is 1.92. The number of hydrogen-bond acceptors (Lipinski definition) is 8. The van der Waals surface area contributed by atoms with Crippen molar-refractivity contribution >= 4 is 33.9 Å². The molecule has 2 aromatic carbocycles. The highest BCUT2D eigenvalue weighted by Crippen LogP contribution is 2.39. The standard InChI is InChI=1S/C26H29N5O5/c1-33-19-11-15(12-20(34-2)23(19)35-3)14-31-24(27)21(26(32)28-13-16-7-6-10-36-16)22-25(31)30-18-9-5-4-8-17(18)29-22/h4-5,8-9,11-12,16H,6-7,10,13-14,27H2,1-3H3,(H,28,32)/t16-/m0/s1. The number of ether oxygens (including phenoxy) is 4. The highest BCUT2D eigenvalue weighted by atomic mass is 16.5. The first-order valence-corrected chi connectivity index (χ1v) is 11.8. The average Bonchev–Trinajstić information content (AvgIpc) is 3.51. The van der Waals surface area contributed by atoms with Gasteiger partial charge in [-0.05, 0) is 42.7 Å². The maximum atomic E-state index is 13.3. The lowest BCUT2D eigenvalue weighted by Crippen LogP contribution is -2.32. The topological polar surface area (TPSA) is 123 Å². The van der Waals surface area contributed by atoms with Crippen LogP contribution in [0, 0.1) is 0 Å². The summed E-state index contributed by atoms with van der Waals surface area (Å²) in [6.45, 7) is 1.44. The number of amides is 1. The Kier molecular flexibility index (Phi) is 6.51. The number of hydrogen-bond donors (Lipinski definition) is 2. The van der Waals surface area contributed by atoms with E-state index in [9.17, 15) is 4.79 Å². The van der Waals surface area contributed by atoms with E-state index in [-0.39, 0.29) is 17.8 Å². The normalized spacial score (nSPS) is 15.4. The van der Waals surface area contributed by atoms with Crippen LogP contribution in [0.3, 0.4) is 0 Å². The van der Waals surface area contributed by atoms with Crippen molar-refractivity contribution in [2.75, 3.05) is 40.2 Å². The predicted octanol–water partition coefficient (Wildman–Crippen LogP) is 3.15. The summed E-state index contributed by atoms with van der Waals surface area (Å²) in [6, 6.07) is 11.2. The molecular weight excluding hydrogens is 462 g/mol. The van der Waals surface area contributed by atoms with Gasteiger partial charge < -0.3 is 34.6 Å². The van der Waals surface area contributed by atoms with E-state index in [1.807, 2.05) is 36.4 Å². The van der Waals surface area contributed by atoms with Gasteiger partial charge in [-0.25, -0.2) is 9.97 Å². The number of methoxy groups -OCH3 is 3. The summed E-state index contributed by atoms with van der Waals surface area (Å²) in [4.78, 5) is 22.9. The van der Waals surface area contributed by atoms with Crippen molar-refractivity contribution in [3.63, 3.8) is 0 Å². The number of carbonyl (C=O) groups excluding carboxylic acids is 1. The van der Waals surface area contributed by atoms with Crippen LogP contribution in [-0.2, 0) is 11.3 Å². The van der Waals surface area contributed by atoms with Gasteiger partial charge in [0, 0.05) is 13.2 Å². The van der Waals surface area contributed by atoms with Gasteiger partial charge in [0.25, 0.3) is 5.91 Å². The number of benzene rings is 2. The van der Waals surface area contributed by atoms with E-state index < -0.39 is 0 Å². The minimum Gasteiger partial charge on any atom is -0.493 e. The van der Waals surface area contributed by atoms with Gasteiger partial charge in [-0.1, -0.05) is 12.1 Å². The average molecular weight is 492 g/mol. The van der Waals surface area contributed by atoms with Gasteiger partial charge in [0.2, 0.25) is 5.75 Å². The van der Waals surface area contributed by atoms with Crippen molar-refractivity contribution < 1.29 is 23.7 Å². The van der Waals surface area contributed by atoms with Gasteiger partial charge in [0.05, 0.1) is 45.0 Å². The lowest BCUT2D eigenvalue weighted by Gasteiger charge is -2.15. The number of carbonyl (C=O) groups is 1. The maximum Gasteiger partial charge on any atom is 0.257 e. The van der Waals surface area contributed by atoms with Crippen LogP contribution >= 0.6 is 0 Å². The van der Waals surface area contributed by atoms with Crippen LogP contribution in [-0.4, -0.2) is 61.0 Å². The summed E-state index contributed by atoms with van der Waals surface area (Å²) in [7, 11) is 4.68. The molecule has 1 aliphatic heterocycles. The summed E-state index contributed by atoms with van der Waals surface area (Å²) in [5, 5.41) is 2.97. The smallest absolute Gasteiger partial charge is 0.257 e. The number of anilines is 1. The number of nitrogens with zero attached hydrogens (tertiary/aromatic N) is 3. The fraction of sp³-hybridized carbons (Fsp3) is 0.346. The Morgan fingerprint density at radius 1 is 1.11 bits per heavy atom. The molecule has 1 atom stereocenters. The number of aromatic nitrogens is 3. The Bertz CT molecular complexity index is 1400. The predicted molar refractivity (Wildman–Crippen MR) is 136 cm³/mol.